The van der Waals surface area contributed by atoms with Crippen LogP contribution >= 0.6 is 11.5 Å². The van der Waals surface area contributed by atoms with Gasteiger partial charge in [-0.05, 0) is 53.3 Å². The van der Waals surface area contributed by atoms with Crippen LogP contribution in [0.2, 0.25) is 0 Å². The second kappa shape index (κ2) is 29.9. The fourth-order valence-corrected chi connectivity index (χ4v) is 8.49. The predicted molar refractivity (Wildman–Crippen MR) is 275 cm³/mol. The molecule has 3 aliphatic carbocycles. The molecule has 22 heteroatoms. The van der Waals surface area contributed by atoms with E-state index in [4.69, 9.17) is 15.3 Å². The molecule has 410 valence electrons. The average molecular weight is 1060 g/mol. The number of aromatic nitrogens is 4. The zero-order valence-corrected chi connectivity index (χ0v) is 46.8. The van der Waals surface area contributed by atoms with Crippen LogP contribution in [0.4, 0.5) is 0 Å². The Bertz CT molecular complexity index is 2160. The summed E-state index contributed by atoms with van der Waals surface area (Å²) < 4.78 is 26.0. The van der Waals surface area contributed by atoms with Crippen molar-refractivity contribution in [2.45, 2.75) is 181 Å². The van der Waals surface area contributed by atoms with Crippen LogP contribution in [0.5, 0.6) is 0 Å². The normalized spacial score (nSPS) is 18.0. The van der Waals surface area contributed by atoms with Crippen LogP contribution in [0.15, 0.2) is 18.5 Å². The fourth-order valence-electron chi connectivity index (χ4n) is 7.58. The van der Waals surface area contributed by atoms with Crippen LogP contribution in [-0.2, 0) is 34.7 Å². The summed E-state index contributed by atoms with van der Waals surface area (Å²) in [7, 11) is 0. The SMILES string of the molecule is CC(C)(C)C(CC1CC1)C(=O)O.CC(C)(C)C(CC1CCC1)C(=O)O.CC(C)(C)C(CC1CCCC1)C(=O)O.CC(C)C(=O)C1=NS(=O)ON1.CC(C)C(=O)c1noc(=O)[nH]1.CC(C)C(=O)c1nsc(=O)[nH]1. The number of H-pyrrole nitrogens is 2. The topological polar surface area (TPSA) is 318 Å². The van der Waals surface area contributed by atoms with Gasteiger partial charge in [-0.3, -0.25) is 48.1 Å². The van der Waals surface area contributed by atoms with Gasteiger partial charge in [0.25, 0.3) is 0 Å². The lowest BCUT2D eigenvalue weighted by Crippen LogP contribution is -2.31. The highest BCUT2D eigenvalue weighted by Crippen LogP contribution is 2.41. The van der Waals surface area contributed by atoms with Gasteiger partial charge in [0, 0.05) is 29.3 Å². The van der Waals surface area contributed by atoms with Gasteiger partial charge in [0.1, 0.15) is 0 Å². The van der Waals surface area contributed by atoms with Crippen LogP contribution < -0.4 is 16.1 Å². The molecular weight excluding hydrogens is 973 g/mol. The lowest BCUT2D eigenvalue weighted by Gasteiger charge is -2.34. The molecule has 0 amide bonds. The number of aliphatic carboxylic acids is 3. The summed E-state index contributed by atoms with van der Waals surface area (Å²) in [6, 6.07) is 0. The standard InChI is InChI=1S/C12H22O2.C11H20O2.C10H18O2.C6H8N2O3.C6H8N2O2S.C5H8N2O3S/c1-12(2,3)10(11(13)14)8-9-6-4-5-7-9;1-11(2,3)9(10(12)13)7-8-5-4-6-8;1-10(2,3)8(9(11)12)6-7-4-5-7;2*1-3(2)4(9)5-7-6(10)11-8-5;1-3(2)4(8)5-6-10-11(9)7-5/h9-10H,4-8H2,1-3H3,(H,13,14);8-9H,4-7H2,1-3H3,(H,12,13);7-8H,4-6H2,1-3H3,(H,11,12);2*3H,1-2H3,(H,7,8,10);3H,1-2H3,(H,6,7). The number of carboxylic acids is 3. The van der Waals surface area contributed by atoms with E-state index in [0.717, 1.165) is 30.8 Å². The van der Waals surface area contributed by atoms with Crippen molar-refractivity contribution in [3.63, 3.8) is 0 Å². The Balaban J connectivity index is 0.000000433. The largest absolute Gasteiger partial charge is 0.481 e. The second-order valence-electron chi connectivity index (χ2n) is 23.2. The Kier molecular flexibility index (Phi) is 27.1. The first kappa shape index (κ1) is 65.3. The van der Waals surface area contributed by atoms with Gasteiger partial charge in [-0.2, -0.15) is 8.66 Å². The Morgan fingerprint density at radius 1 is 0.597 bits per heavy atom. The third-order valence-electron chi connectivity index (χ3n) is 12.7. The van der Waals surface area contributed by atoms with Crippen LogP contribution in [-0.4, -0.2) is 80.1 Å². The number of hydrogen-bond acceptors (Lipinski definition) is 15. The van der Waals surface area contributed by atoms with E-state index in [1.165, 1.54) is 57.8 Å². The molecule has 0 radical (unpaired) electrons. The number of hydrogen-bond donors (Lipinski definition) is 6. The van der Waals surface area contributed by atoms with Gasteiger partial charge in [0.15, 0.2) is 5.82 Å². The molecule has 3 heterocycles. The minimum absolute atomic E-state index is 0.00926. The summed E-state index contributed by atoms with van der Waals surface area (Å²) in [4.78, 5) is 91.5. The first-order valence-electron chi connectivity index (χ1n) is 24.9. The highest BCUT2D eigenvalue weighted by molar-refractivity contribution is 7.79. The van der Waals surface area contributed by atoms with Crippen molar-refractivity contribution in [2.75, 3.05) is 0 Å². The molecule has 4 unspecified atom stereocenters. The van der Waals surface area contributed by atoms with Crippen molar-refractivity contribution < 1.29 is 57.1 Å². The molecule has 1 aliphatic heterocycles. The first-order valence-corrected chi connectivity index (χ1v) is 26.7. The van der Waals surface area contributed by atoms with E-state index >= 15 is 0 Å². The molecule has 0 bridgehead atoms. The summed E-state index contributed by atoms with van der Waals surface area (Å²) in [5.74, 6) is -1.85. The molecule has 4 aliphatic rings. The third-order valence-corrected chi connectivity index (χ3v) is 13.8. The zero-order valence-electron chi connectivity index (χ0n) is 45.2. The summed E-state index contributed by atoms with van der Waals surface area (Å²) in [6.07, 6.45) is 13.9. The lowest BCUT2D eigenvalue weighted by atomic mass is 9.71. The number of carbonyl (C=O) groups excluding carboxylic acids is 3. The van der Waals surface area contributed by atoms with Gasteiger partial charge >= 0.3 is 39.8 Å². The van der Waals surface area contributed by atoms with E-state index in [-0.39, 0.29) is 91.5 Å². The molecule has 3 fully saturated rings. The smallest absolute Gasteiger partial charge is 0.439 e. The highest BCUT2D eigenvalue weighted by atomic mass is 32.2. The average Bonchev–Trinajstić information content (AvgIpc) is 3.64. The lowest BCUT2D eigenvalue weighted by molar-refractivity contribution is -0.147. The molecular formula is C50H84N6O14S2. The number of amidine groups is 1. The van der Waals surface area contributed by atoms with Gasteiger partial charge in [-0.25, -0.2) is 14.5 Å². The number of ketones is 3. The molecule has 3 saturated carbocycles. The van der Waals surface area contributed by atoms with Crippen LogP contribution in [0.1, 0.15) is 202 Å². The second-order valence-corrected chi connectivity index (χ2v) is 24.7. The first-order chi connectivity index (χ1) is 33.1. The zero-order chi connectivity index (χ0) is 55.5. The van der Waals surface area contributed by atoms with Crippen LogP contribution in [0.25, 0.3) is 0 Å². The van der Waals surface area contributed by atoms with Gasteiger partial charge in [-0.1, -0.05) is 167 Å². The van der Waals surface area contributed by atoms with Gasteiger partial charge in [0.05, 0.1) is 17.8 Å². The minimum Gasteiger partial charge on any atom is -0.481 e. The number of rotatable bonds is 15. The van der Waals surface area contributed by atoms with Gasteiger partial charge in [-0.15, -0.1) is 4.40 Å². The van der Waals surface area contributed by atoms with Crippen molar-refractivity contribution in [1.82, 2.24) is 25.0 Å². The molecule has 4 atom stereocenters. The predicted octanol–water partition coefficient (Wildman–Crippen LogP) is 9.37. The molecule has 2 aromatic heterocycles. The number of nitrogens with one attached hydrogen (secondary N) is 3. The summed E-state index contributed by atoms with van der Waals surface area (Å²) in [5, 5.41) is 30.5. The van der Waals surface area contributed by atoms with E-state index in [1.807, 2.05) is 62.3 Å². The van der Waals surface area contributed by atoms with Crippen molar-refractivity contribution in [3.8, 4) is 0 Å². The Morgan fingerprint density at radius 3 is 1.22 bits per heavy atom. The Morgan fingerprint density at radius 2 is 0.972 bits per heavy atom. The van der Waals surface area contributed by atoms with Gasteiger partial charge < -0.3 is 15.3 Å². The number of carbonyl (C=O) groups is 6. The van der Waals surface area contributed by atoms with Crippen LogP contribution in [0, 0.1) is 69.5 Å². The summed E-state index contributed by atoms with van der Waals surface area (Å²) in [5.41, 5.74) is 1.90. The highest BCUT2D eigenvalue weighted by Gasteiger charge is 2.37. The minimum atomic E-state index is -1.73. The Hall–Kier alpha value is -4.70. The van der Waals surface area contributed by atoms with Crippen molar-refractivity contribution in [1.29, 1.82) is 0 Å². The van der Waals surface area contributed by atoms with Crippen molar-refractivity contribution in [2.24, 2.45) is 73.9 Å². The van der Waals surface area contributed by atoms with E-state index in [0.29, 0.717) is 17.8 Å². The number of Topliss-reactive ketones (excluding diaryl/α,β-unsaturated/α-hetero) is 3. The van der Waals surface area contributed by atoms with E-state index in [9.17, 15) is 42.6 Å². The van der Waals surface area contributed by atoms with Crippen molar-refractivity contribution in [3.05, 3.63) is 31.9 Å². The number of carboxylic acid groups (broad SMARTS) is 3. The summed E-state index contributed by atoms with van der Waals surface area (Å²) in [6.45, 7) is 28.6. The maximum Gasteiger partial charge on any atom is 0.439 e. The fraction of sp³-hybridized carbons (Fsp3) is 0.780. The van der Waals surface area contributed by atoms with Crippen molar-refractivity contribution >= 4 is 63.9 Å². The molecule has 6 rings (SSSR count). The monoisotopic (exact) mass is 1060 g/mol. The quantitative estimate of drug-likeness (QED) is 0.0904. The molecule has 72 heavy (non-hydrogen) atoms. The maximum absolute atomic E-state index is 11.1. The maximum atomic E-state index is 11.1. The molecule has 0 aromatic carbocycles. The molecule has 0 saturated heterocycles. The van der Waals surface area contributed by atoms with E-state index in [2.05, 4.69) is 38.2 Å². The Labute approximate surface area is 431 Å². The number of aromatic amines is 2. The molecule has 2 aromatic rings. The third kappa shape index (κ3) is 24.8. The number of nitrogens with zero attached hydrogens (tertiary/aromatic N) is 3. The van der Waals surface area contributed by atoms with Gasteiger partial charge in [0.2, 0.25) is 29.0 Å². The molecule has 6 N–H and O–H groups in total. The number of hydroxylamine groups is 1. The van der Waals surface area contributed by atoms with E-state index < -0.39 is 34.9 Å². The summed E-state index contributed by atoms with van der Waals surface area (Å²) >= 11 is -0.966. The molecule has 0 spiro atoms. The molecule has 20 nitrogen and oxygen atoms in total. The van der Waals surface area contributed by atoms with E-state index in [1.54, 1.807) is 41.5 Å². The van der Waals surface area contributed by atoms with Crippen LogP contribution in [0.3, 0.4) is 0 Å².